The van der Waals surface area contributed by atoms with Crippen LogP contribution >= 0.6 is 0 Å². The molecule has 1 aromatic heterocycles. The third kappa shape index (κ3) is 3.31. The van der Waals surface area contributed by atoms with Crippen LogP contribution in [0.3, 0.4) is 0 Å². The number of hydrogen-bond donors (Lipinski definition) is 1. The summed E-state index contributed by atoms with van der Waals surface area (Å²) in [5, 5.41) is 0. The Morgan fingerprint density at radius 3 is 2.94 bits per heavy atom. The molecule has 1 aromatic rings. The number of furan rings is 1. The van der Waals surface area contributed by atoms with E-state index in [2.05, 4.69) is 4.90 Å². The summed E-state index contributed by atoms with van der Waals surface area (Å²) >= 11 is 0. The second kappa shape index (κ2) is 5.20. The third-order valence-electron chi connectivity index (χ3n) is 3.07. The molecule has 2 rings (SSSR count). The van der Waals surface area contributed by atoms with Gasteiger partial charge in [0.25, 0.3) is 0 Å². The molecule has 1 aliphatic rings. The van der Waals surface area contributed by atoms with Gasteiger partial charge in [0.15, 0.2) is 9.84 Å². The maximum atomic E-state index is 11.5. The van der Waals surface area contributed by atoms with E-state index in [4.69, 9.17) is 10.2 Å². The lowest BCUT2D eigenvalue weighted by Gasteiger charge is -2.18. The van der Waals surface area contributed by atoms with Crippen molar-refractivity contribution in [1.29, 1.82) is 0 Å². The van der Waals surface area contributed by atoms with Crippen molar-refractivity contribution < 1.29 is 12.8 Å². The highest BCUT2D eigenvalue weighted by atomic mass is 32.2. The average Bonchev–Trinajstić information content (AvgIpc) is 2.65. The lowest BCUT2D eigenvalue weighted by Crippen LogP contribution is -2.27. The van der Waals surface area contributed by atoms with E-state index in [0.717, 1.165) is 17.9 Å². The molecule has 0 bridgehead atoms. The molecular weight excluding hydrogens is 240 g/mol. The van der Waals surface area contributed by atoms with Gasteiger partial charge in [-0.3, -0.25) is 4.90 Å². The molecule has 6 heteroatoms. The van der Waals surface area contributed by atoms with Crippen LogP contribution in [0.25, 0.3) is 0 Å². The molecule has 5 nitrogen and oxygen atoms in total. The van der Waals surface area contributed by atoms with Gasteiger partial charge in [0.1, 0.15) is 5.76 Å². The second-order valence-corrected chi connectivity index (χ2v) is 6.66. The molecule has 0 unspecified atom stereocenters. The fourth-order valence-electron chi connectivity index (χ4n) is 2.04. The lowest BCUT2D eigenvalue weighted by atomic mass is 10.2. The minimum atomic E-state index is -2.84. The number of nitrogens with zero attached hydrogens (tertiary/aromatic N) is 1. The average molecular weight is 258 g/mol. The van der Waals surface area contributed by atoms with Gasteiger partial charge in [-0.15, -0.1) is 0 Å². The molecular formula is C11H18N2O3S. The van der Waals surface area contributed by atoms with Crippen LogP contribution in [0.5, 0.6) is 0 Å². The Bertz CT molecular complexity index is 467. The van der Waals surface area contributed by atoms with Crippen LogP contribution < -0.4 is 5.73 Å². The summed E-state index contributed by atoms with van der Waals surface area (Å²) in [5.74, 6) is 1.39. The molecule has 0 saturated carbocycles. The normalized spacial score (nSPS) is 21.2. The van der Waals surface area contributed by atoms with Gasteiger partial charge in [-0.25, -0.2) is 8.42 Å². The number of sulfone groups is 1. The molecule has 0 aliphatic carbocycles. The first kappa shape index (κ1) is 12.6. The lowest BCUT2D eigenvalue weighted by molar-refractivity contribution is 0.260. The molecule has 1 fully saturated rings. The minimum absolute atomic E-state index is 0.242. The Labute approximate surface area is 101 Å². The summed E-state index contributed by atoms with van der Waals surface area (Å²) in [5.41, 5.74) is 6.60. The maximum Gasteiger partial charge on any atom is 0.151 e. The molecule has 0 spiro atoms. The van der Waals surface area contributed by atoms with Crippen molar-refractivity contribution in [3.05, 3.63) is 23.7 Å². The Hall–Kier alpha value is -0.850. The van der Waals surface area contributed by atoms with E-state index >= 15 is 0 Å². The number of rotatable bonds is 3. The van der Waals surface area contributed by atoms with Gasteiger partial charge >= 0.3 is 0 Å². The smallest absolute Gasteiger partial charge is 0.151 e. The summed E-state index contributed by atoms with van der Waals surface area (Å²) in [6, 6.07) is 1.86. The molecule has 1 saturated heterocycles. The van der Waals surface area contributed by atoms with E-state index in [1.165, 1.54) is 0 Å². The molecule has 0 atom stereocenters. The molecule has 0 amide bonds. The molecule has 2 N–H and O–H groups in total. The van der Waals surface area contributed by atoms with Gasteiger partial charge < -0.3 is 10.2 Å². The second-order valence-electron chi connectivity index (χ2n) is 4.35. The first-order valence-electron chi connectivity index (χ1n) is 5.79. The zero-order chi connectivity index (χ0) is 12.3. The van der Waals surface area contributed by atoms with Crippen molar-refractivity contribution >= 4 is 9.84 Å². The van der Waals surface area contributed by atoms with E-state index in [1.807, 2.05) is 6.07 Å². The van der Waals surface area contributed by atoms with Crippen molar-refractivity contribution in [2.45, 2.75) is 19.5 Å². The highest BCUT2D eigenvalue weighted by Gasteiger charge is 2.20. The SMILES string of the molecule is NCc1ccoc1CN1CCCS(=O)(=O)CC1. The number of hydrogen-bond acceptors (Lipinski definition) is 5. The zero-order valence-corrected chi connectivity index (χ0v) is 10.6. The molecule has 0 aromatic carbocycles. The topological polar surface area (TPSA) is 76.5 Å². The highest BCUT2D eigenvalue weighted by Crippen LogP contribution is 2.14. The van der Waals surface area contributed by atoms with E-state index in [9.17, 15) is 8.42 Å². The summed E-state index contributed by atoms with van der Waals surface area (Å²) in [7, 11) is -2.84. The minimum Gasteiger partial charge on any atom is -0.468 e. The molecule has 0 radical (unpaired) electrons. The standard InChI is InChI=1S/C11H18N2O3S/c12-8-10-2-5-16-11(10)9-13-3-1-6-17(14,15)7-4-13/h2,5H,1,3-4,6-9,12H2. The number of nitrogens with two attached hydrogens (primary N) is 1. The van der Waals surface area contributed by atoms with Crippen LogP contribution in [-0.4, -0.2) is 37.9 Å². The Balaban J connectivity index is 2.00. The Morgan fingerprint density at radius 1 is 1.35 bits per heavy atom. The molecule has 1 aliphatic heterocycles. The van der Waals surface area contributed by atoms with Crippen molar-refractivity contribution in [2.75, 3.05) is 24.6 Å². The van der Waals surface area contributed by atoms with Crippen LogP contribution in [0.1, 0.15) is 17.7 Å². The zero-order valence-electron chi connectivity index (χ0n) is 9.76. The fraction of sp³-hybridized carbons (Fsp3) is 0.636. The van der Waals surface area contributed by atoms with E-state index in [-0.39, 0.29) is 5.75 Å². The van der Waals surface area contributed by atoms with E-state index in [0.29, 0.717) is 31.8 Å². The molecule has 2 heterocycles. The largest absolute Gasteiger partial charge is 0.468 e. The van der Waals surface area contributed by atoms with Crippen molar-refractivity contribution in [1.82, 2.24) is 4.90 Å². The molecule has 96 valence electrons. The van der Waals surface area contributed by atoms with Crippen LogP contribution in [0.4, 0.5) is 0 Å². The fourth-order valence-corrected chi connectivity index (χ4v) is 3.35. The Kier molecular flexibility index (Phi) is 3.86. The predicted octanol–water partition coefficient (Wildman–Crippen LogP) is 0.359. The van der Waals surface area contributed by atoms with Gasteiger partial charge in [-0.2, -0.15) is 0 Å². The van der Waals surface area contributed by atoms with Gasteiger partial charge in [0.2, 0.25) is 0 Å². The summed E-state index contributed by atoms with van der Waals surface area (Å²) < 4.78 is 28.3. The van der Waals surface area contributed by atoms with Gasteiger partial charge in [-0.1, -0.05) is 0 Å². The quantitative estimate of drug-likeness (QED) is 0.847. The highest BCUT2D eigenvalue weighted by molar-refractivity contribution is 7.91. The van der Waals surface area contributed by atoms with Gasteiger partial charge in [0, 0.05) is 18.7 Å². The van der Waals surface area contributed by atoms with Crippen molar-refractivity contribution in [2.24, 2.45) is 5.73 Å². The van der Waals surface area contributed by atoms with Crippen LogP contribution in [0.15, 0.2) is 16.7 Å². The summed E-state index contributed by atoms with van der Waals surface area (Å²) in [6.45, 7) is 2.48. The third-order valence-corrected chi connectivity index (χ3v) is 4.79. The van der Waals surface area contributed by atoms with Crippen LogP contribution in [0, 0.1) is 0 Å². The van der Waals surface area contributed by atoms with Gasteiger partial charge in [-0.05, 0) is 19.0 Å². The predicted molar refractivity (Wildman–Crippen MR) is 65.1 cm³/mol. The first-order chi connectivity index (χ1) is 8.11. The van der Waals surface area contributed by atoms with E-state index in [1.54, 1.807) is 6.26 Å². The van der Waals surface area contributed by atoms with Crippen LogP contribution in [0.2, 0.25) is 0 Å². The maximum absolute atomic E-state index is 11.5. The monoisotopic (exact) mass is 258 g/mol. The Morgan fingerprint density at radius 2 is 2.18 bits per heavy atom. The van der Waals surface area contributed by atoms with Crippen molar-refractivity contribution in [3.8, 4) is 0 Å². The van der Waals surface area contributed by atoms with Crippen LogP contribution in [-0.2, 0) is 22.9 Å². The van der Waals surface area contributed by atoms with Gasteiger partial charge in [0.05, 0.1) is 24.3 Å². The molecule has 17 heavy (non-hydrogen) atoms. The first-order valence-corrected chi connectivity index (χ1v) is 7.61. The van der Waals surface area contributed by atoms with Crippen molar-refractivity contribution in [3.63, 3.8) is 0 Å². The van der Waals surface area contributed by atoms with E-state index < -0.39 is 9.84 Å². The summed E-state index contributed by atoms with van der Waals surface area (Å²) in [6.07, 6.45) is 2.33. The summed E-state index contributed by atoms with van der Waals surface area (Å²) in [4.78, 5) is 2.11.